The summed E-state index contributed by atoms with van der Waals surface area (Å²) in [4.78, 5) is 13.4. The molecule has 88 valence electrons. The highest BCUT2D eigenvalue weighted by molar-refractivity contribution is 5.94. The lowest BCUT2D eigenvalue weighted by atomic mass is 10.1. The number of nitrogens with zero attached hydrogens (tertiary/aromatic N) is 1. The Kier molecular flexibility index (Phi) is 4.43. The van der Waals surface area contributed by atoms with Crippen LogP contribution >= 0.6 is 0 Å². The summed E-state index contributed by atoms with van der Waals surface area (Å²) in [5.74, 6) is -0.339. The van der Waals surface area contributed by atoms with E-state index in [1.54, 1.807) is 18.0 Å². The zero-order valence-electron chi connectivity index (χ0n) is 9.61. The minimum Gasteiger partial charge on any atom is -0.341 e. The molecule has 1 aromatic carbocycles. The number of benzene rings is 1. The summed E-state index contributed by atoms with van der Waals surface area (Å²) in [6, 6.07) is 5.70. The number of hydrogen-bond acceptors (Lipinski definition) is 2. The van der Waals surface area contributed by atoms with Crippen molar-refractivity contribution in [2.45, 2.75) is 6.92 Å². The first kappa shape index (κ1) is 12.6. The van der Waals surface area contributed by atoms with Gasteiger partial charge in [-0.1, -0.05) is 13.0 Å². The van der Waals surface area contributed by atoms with Gasteiger partial charge in [0.05, 0.1) is 0 Å². The molecule has 0 aromatic heterocycles. The van der Waals surface area contributed by atoms with Crippen molar-refractivity contribution in [1.82, 2.24) is 4.90 Å². The van der Waals surface area contributed by atoms with Gasteiger partial charge in [-0.15, -0.1) is 0 Å². The van der Waals surface area contributed by atoms with E-state index in [2.05, 4.69) is 0 Å². The number of halogens is 1. The predicted molar refractivity (Wildman–Crippen MR) is 61.6 cm³/mol. The molecule has 0 aliphatic carbocycles. The lowest BCUT2D eigenvalue weighted by Gasteiger charge is -2.20. The van der Waals surface area contributed by atoms with E-state index >= 15 is 0 Å². The molecule has 0 radical (unpaired) electrons. The van der Waals surface area contributed by atoms with Crippen molar-refractivity contribution < 1.29 is 9.18 Å². The summed E-state index contributed by atoms with van der Waals surface area (Å²) < 4.78 is 12.9. The molecule has 0 aliphatic heterocycles. The Labute approximate surface area is 95.0 Å². The lowest BCUT2D eigenvalue weighted by molar-refractivity contribution is 0.0777. The van der Waals surface area contributed by atoms with E-state index in [4.69, 9.17) is 5.73 Å². The van der Waals surface area contributed by atoms with E-state index in [-0.39, 0.29) is 11.8 Å². The quantitative estimate of drug-likeness (QED) is 0.842. The van der Waals surface area contributed by atoms with Gasteiger partial charge in [0, 0.05) is 19.2 Å². The van der Waals surface area contributed by atoms with Crippen LogP contribution in [-0.4, -0.2) is 30.9 Å². The van der Waals surface area contributed by atoms with Gasteiger partial charge in [0.25, 0.3) is 5.91 Å². The number of rotatable bonds is 4. The molecule has 1 rings (SSSR count). The number of amides is 1. The minimum atomic E-state index is -0.397. The third kappa shape index (κ3) is 3.31. The Morgan fingerprint density at radius 1 is 1.56 bits per heavy atom. The first-order chi connectivity index (χ1) is 7.54. The molecule has 1 aromatic rings. The van der Waals surface area contributed by atoms with Crippen molar-refractivity contribution in [2.75, 3.05) is 20.1 Å². The van der Waals surface area contributed by atoms with Crippen LogP contribution in [-0.2, 0) is 0 Å². The Hall–Kier alpha value is -1.42. The van der Waals surface area contributed by atoms with Crippen LogP contribution in [0, 0.1) is 11.7 Å². The van der Waals surface area contributed by atoms with E-state index in [1.807, 2.05) is 6.92 Å². The second-order valence-corrected chi connectivity index (χ2v) is 4.04. The van der Waals surface area contributed by atoms with Crippen molar-refractivity contribution in [3.8, 4) is 0 Å². The first-order valence-corrected chi connectivity index (χ1v) is 5.25. The monoisotopic (exact) mass is 224 g/mol. The topological polar surface area (TPSA) is 46.3 Å². The molecule has 0 heterocycles. The zero-order chi connectivity index (χ0) is 12.1. The number of carbonyl (C=O) groups is 1. The molecule has 0 fully saturated rings. The molecule has 4 heteroatoms. The van der Waals surface area contributed by atoms with Crippen molar-refractivity contribution in [3.05, 3.63) is 35.6 Å². The molecule has 0 saturated carbocycles. The molecule has 1 unspecified atom stereocenters. The second-order valence-electron chi connectivity index (χ2n) is 4.04. The number of carbonyl (C=O) groups excluding carboxylic acids is 1. The fraction of sp³-hybridized carbons (Fsp3) is 0.417. The smallest absolute Gasteiger partial charge is 0.253 e. The summed E-state index contributed by atoms with van der Waals surface area (Å²) in [7, 11) is 1.69. The van der Waals surface area contributed by atoms with Crippen molar-refractivity contribution >= 4 is 5.91 Å². The van der Waals surface area contributed by atoms with E-state index in [0.29, 0.717) is 18.7 Å². The maximum atomic E-state index is 12.9. The maximum Gasteiger partial charge on any atom is 0.253 e. The Balaban J connectivity index is 2.70. The van der Waals surface area contributed by atoms with Crippen LogP contribution < -0.4 is 5.73 Å². The summed E-state index contributed by atoms with van der Waals surface area (Å²) in [6.45, 7) is 3.07. The van der Waals surface area contributed by atoms with Gasteiger partial charge in [-0.05, 0) is 30.7 Å². The Bertz CT molecular complexity index is 368. The largest absolute Gasteiger partial charge is 0.341 e. The standard InChI is InChI=1S/C12H17FN2O/c1-9(7-14)8-15(2)12(16)10-4-3-5-11(13)6-10/h3-6,9H,7-8,14H2,1-2H3. The van der Waals surface area contributed by atoms with Gasteiger partial charge in [-0.25, -0.2) is 4.39 Å². The molecule has 0 aliphatic rings. The fourth-order valence-electron chi connectivity index (χ4n) is 1.47. The minimum absolute atomic E-state index is 0.181. The first-order valence-electron chi connectivity index (χ1n) is 5.25. The average Bonchev–Trinajstić information content (AvgIpc) is 2.27. The van der Waals surface area contributed by atoms with Gasteiger partial charge >= 0.3 is 0 Å². The highest BCUT2D eigenvalue weighted by Gasteiger charge is 2.13. The number of nitrogens with two attached hydrogens (primary N) is 1. The molecular weight excluding hydrogens is 207 g/mol. The highest BCUT2D eigenvalue weighted by Crippen LogP contribution is 2.07. The zero-order valence-corrected chi connectivity index (χ0v) is 9.61. The Morgan fingerprint density at radius 3 is 2.81 bits per heavy atom. The van der Waals surface area contributed by atoms with Gasteiger partial charge in [0.1, 0.15) is 5.82 Å². The molecule has 0 bridgehead atoms. The number of hydrogen-bond donors (Lipinski definition) is 1. The molecule has 0 saturated heterocycles. The molecule has 0 spiro atoms. The van der Waals surface area contributed by atoms with Gasteiger partial charge in [0.2, 0.25) is 0 Å². The second kappa shape index (κ2) is 5.61. The van der Waals surface area contributed by atoms with Crippen LogP contribution in [0.5, 0.6) is 0 Å². The van der Waals surface area contributed by atoms with Crippen molar-refractivity contribution in [3.63, 3.8) is 0 Å². The van der Waals surface area contributed by atoms with Crippen LogP contribution in [0.1, 0.15) is 17.3 Å². The van der Waals surface area contributed by atoms with E-state index in [9.17, 15) is 9.18 Å². The predicted octanol–water partition coefficient (Wildman–Crippen LogP) is 1.49. The molecule has 3 nitrogen and oxygen atoms in total. The summed E-state index contributed by atoms with van der Waals surface area (Å²) in [5, 5.41) is 0. The summed E-state index contributed by atoms with van der Waals surface area (Å²) in [6.07, 6.45) is 0. The van der Waals surface area contributed by atoms with Crippen molar-refractivity contribution in [1.29, 1.82) is 0 Å². The molecular formula is C12H17FN2O. The lowest BCUT2D eigenvalue weighted by Crippen LogP contribution is -2.33. The maximum absolute atomic E-state index is 12.9. The highest BCUT2D eigenvalue weighted by atomic mass is 19.1. The normalized spacial score (nSPS) is 12.2. The van der Waals surface area contributed by atoms with Gasteiger partial charge in [-0.3, -0.25) is 4.79 Å². The van der Waals surface area contributed by atoms with Crippen LogP contribution in [0.15, 0.2) is 24.3 Å². The Morgan fingerprint density at radius 2 is 2.25 bits per heavy atom. The van der Waals surface area contributed by atoms with Gasteiger partial charge in [-0.2, -0.15) is 0 Å². The van der Waals surface area contributed by atoms with Crippen LogP contribution in [0.4, 0.5) is 4.39 Å². The average molecular weight is 224 g/mol. The van der Waals surface area contributed by atoms with Crippen LogP contribution in [0.3, 0.4) is 0 Å². The van der Waals surface area contributed by atoms with Crippen LogP contribution in [0.2, 0.25) is 0 Å². The molecule has 16 heavy (non-hydrogen) atoms. The van der Waals surface area contributed by atoms with E-state index in [0.717, 1.165) is 0 Å². The molecule has 2 N–H and O–H groups in total. The van der Waals surface area contributed by atoms with E-state index < -0.39 is 5.82 Å². The molecule has 1 amide bonds. The van der Waals surface area contributed by atoms with Gasteiger partial charge in [0.15, 0.2) is 0 Å². The van der Waals surface area contributed by atoms with Crippen molar-refractivity contribution in [2.24, 2.45) is 11.7 Å². The van der Waals surface area contributed by atoms with Gasteiger partial charge < -0.3 is 10.6 Å². The summed E-state index contributed by atoms with van der Waals surface area (Å²) >= 11 is 0. The van der Waals surface area contributed by atoms with E-state index in [1.165, 1.54) is 18.2 Å². The third-order valence-electron chi connectivity index (χ3n) is 2.41. The SMILES string of the molecule is CC(CN)CN(C)C(=O)c1cccc(F)c1. The van der Waals surface area contributed by atoms with Crippen LogP contribution in [0.25, 0.3) is 0 Å². The summed E-state index contributed by atoms with van der Waals surface area (Å²) in [5.41, 5.74) is 5.85. The third-order valence-corrected chi connectivity index (χ3v) is 2.41. The molecule has 1 atom stereocenters. The fourth-order valence-corrected chi connectivity index (χ4v) is 1.47.